The van der Waals surface area contributed by atoms with Gasteiger partial charge >= 0.3 is 16.1 Å². The first-order chi connectivity index (χ1) is 9.68. The van der Waals surface area contributed by atoms with E-state index in [9.17, 15) is 18.0 Å². The number of fused-ring (bicyclic) bond motifs is 1. The molecule has 1 heterocycles. The fourth-order valence-corrected chi connectivity index (χ4v) is 2.35. The van der Waals surface area contributed by atoms with E-state index in [2.05, 4.69) is 9.97 Å². The van der Waals surface area contributed by atoms with E-state index in [0.29, 0.717) is 0 Å². The zero-order valence-electron chi connectivity index (χ0n) is 10.9. The van der Waals surface area contributed by atoms with Gasteiger partial charge in [-0.25, -0.2) is 4.98 Å². The van der Waals surface area contributed by atoms with Gasteiger partial charge in [0.2, 0.25) is 0 Å². The number of hydrogen-bond donors (Lipinski definition) is 3. The highest BCUT2D eigenvalue weighted by molar-refractivity contribution is 7.85. The number of carbonyl (C=O) groups excluding carboxylic acids is 1. The molecule has 0 saturated heterocycles. The summed E-state index contributed by atoms with van der Waals surface area (Å²) in [5.74, 6) is -2.15. The lowest BCUT2D eigenvalue weighted by atomic mass is 9.96. The third-order valence-corrected chi connectivity index (χ3v) is 3.60. The van der Waals surface area contributed by atoms with Crippen molar-refractivity contribution in [1.82, 2.24) is 9.97 Å². The van der Waals surface area contributed by atoms with Crippen molar-refractivity contribution >= 4 is 32.9 Å². The third kappa shape index (κ3) is 3.26. The smallest absolute Gasteiger partial charge is 0.328 e. The lowest BCUT2D eigenvalue weighted by molar-refractivity contribution is -0.137. The maximum absolute atomic E-state index is 12.1. The second kappa shape index (κ2) is 5.26. The number of ketones is 1. The van der Waals surface area contributed by atoms with Crippen LogP contribution in [-0.2, 0) is 14.9 Å². The van der Waals surface area contributed by atoms with Crippen molar-refractivity contribution in [2.75, 3.05) is 0 Å². The number of imidazole rings is 1. The van der Waals surface area contributed by atoms with Crippen LogP contribution in [0.15, 0.2) is 23.4 Å². The molecule has 0 radical (unpaired) electrons. The molecule has 112 valence electrons. The molecule has 2 rings (SSSR count). The Balaban J connectivity index is 2.39. The molecule has 8 nitrogen and oxygen atoms in total. The molecule has 0 aliphatic heterocycles. The van der Waals surface area contributed by atoms with Gasteiger partial charge in [-0.05, 0) is 18.2 Å². The fraction of sp³-hybridized carbons (Fsp3) is 0.250. The van der Waals surface area contributed by atoms with Gasteiger partial charge in [-0.3, -0.25) is 14.1 Å². The fourth-order valence-electron chi connectivity index (χ4n) is 1.90. The van der Waals surface area contributed by atoms with E-state index >= 15 is 0 Å². The summed E-state index contributed by atoms with van der Waals surface area (Å²) < 4.78 is 30.9. The minimum atomic E-state index is -4.46. The van der Waals surface area contributed by atoms with Crippen LogP contribution in [0.5, 0.6) is 0 Å². The molecule has 0 amide bonds. The number of carboxylic acids is 1. The first kappa shape index (κ1) is 15.1. The Morgan fingerprint density at radius 1 is 1.38 bits per heavy atom. The van der Waals surface area contributed by atoms with Crippen LogP contribution in [0.4, 0.5) is 0 Å². The molecular weight excluding hydrogens is 300 g/mol. The van der Waals surface area contributed by atoms with Crippen LogP contribution in [0.3, 0.4) is 0 Å². The second-order valence-electron chi connectivity index (χ2n) is 4.61. The monoisotopic (exact) mass is 312 g/mol. The molecule has 0 spiro atoms. The molecule has 2 aromatic rings. The van der Waals surface area contributed by atoms with Crippen LogP contribution < -0.4 is 0 Å². The summed E-state index contributed by atoms with van der Waals surface area (Å²) in [6.45, 7) is 1.50. The third-order valence-electron chi connectivity index (χ3n) is 2.92. The molecule has 1 unspecified atom stereocenters. The van der Waals surface area contributed by atoms with Crippen molar-refractivity contribution in [3.63, 3.8) is 0 Å². The second-order valence-corrected chi connectivity index (χ2v) is 5.95. The number of benzene rings is 1. The molecule has 1 atom stereocenters. The van der Waals surface area contributed by atoms with E-state index in [4.69, 9.17) is 9.66 Å². The number of carboxylic acid groups (broad SMARTS) is 1. The van der Waals surface area contributed by atoms with Crippen molar-refractivity contribution in [2.45, 2.75) is 18.5 Å². The van der Waals surface area contributed by atoms with Crippen molar-refractivity contribution in [1.29, 1.82) is 0 Å². The Morgan fingerprint density at radius 2 is 2.05 bits per heavy atom. The van der Waals surface area contributed by atoms with Gasteiger partial charge in [0.1, 0.15) is 0 Å². The van der Waals surface area contributed by atoms with E-state index < -0.39 is 27.2 Å². The topological polar surface area (TPSA) is 137 Å². The van der Waals surface area contributed by atoms with E-state index in [1.807, 2.05) is 0 Å². The van der Waals surface area contributed by atoms with Crippen LogP contribution in [0.1, 0.15) is 23.7 Å². The summed E-state index contributed by atoms with van der Waals surface area (Å²) in [6, 6.07) is 4.22. The Kier molecular flexibility index (Phi) is 3.79. The molecule has 21 heavy (non-hydrogen) atoms. The number of rotatable bonds is 5. The number of aromatic amines is 1. The SMILES string of the molecule is CC(CC(=O)O)C(=O)c1ccc2nc(S(=O)(=O)O)[nH]c2c1. The summed E-state index contributed by atoms with van der Waals surface area (Å²) >= 11 is 0. The standard InChI is InChI=1S/C12H12N2O6S/c1-6(4-10(15)16)11(17)7-2-3-8-9(5-7)14-12(13-8)21(18,19)20/h2-3,5-6H,4H2,1H3,(H,13,14)(H,15,16)(H,18,19,20). The number of nitrogens with one attached hydrogen (secondary N) is 1. The van der Waals surface area contributed by atoms with Gasteiger partial charge in [0.25, 0.3) is 5.16 Å². The Hall–Kier alpha value is -2.26. The van der Waals surface area contributed by atoms with Crippen molar-refractivity contribution < 1.29 is 27.7 Å². The number of Topliss-reactive ketones (excluding diaryl/α,β-unsaturated/α-hetero) is 1. The predicted molar refractivity (Wildman–Crippen MR) is 71.7 cm³/mol. The van der Waals surface area contributed by atoms with E-state index in [-0.39, 0.29) is 28.8 Å². The highest BCUT2D eigenvalue weighted by Gasteiger charge is 2.20. The van der Waals surface area contributed by atoms with Crippen molar-refractivity contribution in [3.05, 3.63) is 23.8 Å². The van der Waals surface area contributed by atoms with Gasteiger partial charge in [0.15, 0.2) is 5.78 Å². The number of aromatic nitrogens is 2. The van der Waals surface area contributed by atoms with Gasteiger partial charge in [0, 0.05) is 11.5 Å². The minimum Gasteiger partial charge on any atom is -0.481 e. The summed E-state index contributed by atoms with van der Waals surface area (Å²) in [6.07, 6.45) is -0.296. The zero-order valence-corrected chi connectivity index (χ0v) is 11.7. The summed E-state index contributed by atoms with van der Waals surface area (Å²) in [4.78, 5) is 28.7. The van der Waals surface area contributed by atoms with Gasteiger partial charge in [-0.1, -0.05) is 6.92 Å². The lowest BCUT2D eigenvalue weighted by Crippen LogP contribution is -2.15. The quantitative estimate of drug-likeness (QED) is 0.555. The van der Waals surface area contributed by atoms with Crippen molar-refractivity contribution in [2.24, 2.45) is 5.92 Å². The predicted octanol–water partition coefficient (Wildman–Crippen LogP) is 1.10. The first-order valence-corrected chi connectivity index (χ1v) is 7.36. The van der Waals surface area contributed by atoms with Gasteiger partial charge in [-0.15, -0.1) is 0 Å². The van der Waals surface area contributed by atoms with Crippen LogP contribution in [0.2, 0.25) is 0 Å². The number of H-pyrrole nitrogens is 1. The average Bonchev–Trinajstić information content (AvgIpc) is 2.79. The highest BCUT2D eigenvalue weighted by Crippen LogP contribution is 2.19. The molecule has 0 aliphatic carbocycles. The molecule has 1 aromatic carbocycles. The highest BCUT2D eigenvalue weighted by atomic mass is 32.2. The molecule has 1 aromatic heterocycles. The number of carbonyl (C=O) groups is 2. The summed E-state index contributed by atoms with van der Waals surface area (Å²) in [5.41, 5.74) is 0.767. The normalized spacial score (nSPS) is 13.2. The molecule has 0 saturated carbocycles. The van der Waals surface area contributed by atoms with Gasteiger partial charge in [0.05, 0.1) is 17.5 Å². The maximum atomic E-state index is 12.1. The Morgan fingerprint density at radius 3 is 2.62 bits per heavy atom. The molecule has 9 heteroatoms. The maximum Gasteiger partial charge on any atom is 0.328 e. The minimum absolute atomic E-state index is 0.238. The van der Waals surface area contributed by atoms with E-state index in [1.54, 1.807) is 0 Å². The lowest BCUT2D eigenvalue weighted by Gasteiger charge is -2.07. The van der Waals surface area contributed by atoms with Gasteiger partial charge < -0.3 is 10.1 Å². The zero-order chi connectivity index (χ0) is 15.8. The number of hydrogen-bond acceptors (Lipinski definition) is 5. The number of nitrogens with zero attached hydrogens (tertiary/aromatic N) is 1. The average molecular weight is 312 g/mol. The van der Waals surface area contributed by atoms with Crippen LogP contribution in [0.25, 0.3) is 11.0 Å². The molecule has 0 aliphatic rings. The Labute approximate surface area is 119 Å². The largest absolute Gasteiger partial charge is 0.481 e. The molecule has 0 bridgehead atoms. The number of aliphatic carboxylic acids is 1. The molecular formula is C12H12N2O6S. The summed E-state index contributed by atoms with van der Waals surface area (Å²) in [5, 5.41) is 8.07. The van der Waals surface area contributed by atoms with Gasteiger partial charge in [-0.2, -0.15) is 8.42 Å². The summed E-state index contributed by atoms with van der Waals surface area (Å²) in [7, 11) is -4.46. The van der Waals surface area contributed by atoms with Crippen LogP contribution in [-0.4, -0.2) is 39.8 Å². The molecule has 0 fully saturated rings. The Bertz CT molecular complexity index is 823. The van der Waals surface area contributed by atoms with E-state index in [1.165, 1.54) is 25.1 Å². The van der Waals surface area contributed by atoms with Crippen LogP contribution in [0, 0.1) is 5.92 Å². The first-order valence-electron chi connectivity index (χ1n) is 5.91. The molecule has 3 N–H and O–H groups in total. The van der Waals surface area contributed by atoms with Crippen molar-refractivity contribution in [3.8, 4) is 0 Å². The van der Waals surface area contributed by atoms with E-state index in [0.717, 1.165) is 0 Å². The van der Waals surface area contributed by atoms with Crippen LogP contribution >= 0.6 is 0 Å².